The first-order valence-corrected chi connectivity index (χ1v) is 4.97. The molecule has 0 heteroatoms. The summed E-state index contributed by atoms with van der Waals surface area (Å²) in [6.45, 7) is 0. The second kappa shape index (κ2) is 6.90. The molecule has 0 radical (unpaired) electrons. The smallest absolute Gasteiger partial charge is 0.0166 e. The molecule has 0 saturated carbocycles. The third-order valence-electron chi connectivity index (χ3n) is 2.06. The molecular formula is C12H18. The Morgan fingerprint density at radius 2 is 1.33 bits per heavy atom. The molecule has 1 rings (SSSR count). The zero-order valence-corrected chi connectivity index (χ0v) is 7.71. The Hall–Kier alpha value is -0.780. The van der Waals surface area contributed by atoms with Gasteiger partial charge in [-0.25, -0.2) is 0 Å². The third kappa shape index (κ3) is 4.95. The lowest BCUT2D eigenvalue weighted by Gasteiger charge is -1.95. The lowest BCUT2D eigenvalue weighted by atomic mass is 10.1. The summed E-state index contributed by atoms with van der Waals surface area (Å²) in [4.78, 5) is 0. The molecule has 0 saturated heterocycles. The summed E-state index contributed by atoms with van der Waals surface area (Å²) in [6.07, 6.45) is 21.0. The van der Waals surface area contributed by atoms with Gasteiger partial charge in [0.15, 0.2) is 0 Å². The van der Waals surface area contributed by atoms with Gasteiger partial charge in [-0.1, -0.05) is 42.9 Å². The van der Waals surface area contributed by atoms with Gasteiger partial charge in [0.05, 0.1) is 0 Å². The van der Waals surface area contributed by atoms with Gasteiger partial charge in [0.25, 0.3) is 0 Å². The minimum Gasteiger partial charge on any atom is -0.0882 e. The van der Waals surface area contributed by atoms with Crippen molar-refractivity contribution in [2.45, 2.75) is 38.5 Å². The molecule has 0 heterocycles. The van der Waals surface area contributed by atoms with Gasteiger partial charge in [0.2, 0.25) is 0 Å². The first-order chi connectivity index (χ1) is 6.00. The molecule has 0 aromatic carbocycles. The molecule has 0 atom stereocenters. The van der Waals surface area contributed by atoms with Gasteiger partial charge in [0.1, 0.15) is 0 Å². The predicted molar refractivity (Wildman–Crippen MR) is 55.1 cm³/mol. The fourth-order valence-corrected chi connectivity index (χ4v) is 1.33. The van der Waals surface area contributed by atoms with Crippen molar-refractivity contribution in [1.29, 1.82) is 0 Å². The largest absolute Gasteiger partial charge is 0.0882 e. The van der Waals surface area contributed by atoms with Crippen LogP contribution in [0.15, 0.2) is 36.5 Å². The van der Waals surface area contributed by atoms with E-state index >= 15 is 0 Å². The minimum absolute atomic E-state index is 1.09. The second-order valence-electron chi connectivity index (χ2n) is 3.20. The van der Waals surface area contributed by atoms with Crippen LogP contribution in [0.2, 0.25) is 0 Å². The van der Waals surface area contributed by atoms with E-state index in [-0.39, 0.29) is 0 Å². The molecule has 1 aliphatic carbocycles. The van der Waals surface area contributed by atoms with Gasteiger partial charge in [-0.2, -0.15) is 0 Å². The lowest BCUT2D eigenvalue weighted by molar-refractivity contribution is 0.695. The van der Waals surface area contributed by atoms with Crippen molar-refractivity contribution in [2.75, 3.05) is 0 Å². The molecule has 0 nitrogen and oxygen atoms in total. The van der Waals surface area contributed by atoms with Crippen molar-refractivity contribution in [3.63, 3.8) is 0 Å². The maximum absolute atomic E-state index is 2.30. The number of hydrogen-bond acceptors (Lipinski definition) is 0. The monoisotopic (exact) mass is 162 g/mol. The van der Waals surface area contributed by atoms with Crippen LogP contribution in [0.4, 0.5) is 0 Å². The van der Waals surface area contributed by atoms with E-state index in [0.29, 0.717) is 0 Å². The van der Waals surface area contributed by atoms with E-state index in [2.05, 4.69) is 36.5 Å². The average molecular weight is 162 g/mol. The van der Waals surface area contributed by atoms with E-state index in [0.717, 1.165) is 6.42 Å². The predicted octanol–water partition coefficient (Wildman–Crippen LogP) is 4.01. The highest BCUT2D eigenvalue weighted by Gasteiger charge is 1.85. The van der Waals surface area contributed by atoms with E-state index in [1.807, 2.05) is 0 Å². The van der Waals surface area contributed by atoms with Crippen LogP contribution >= 0.6 is 0 Å². The first kappa shape index (κ1) is 9.31. The van der Waals surface area contributed by atoms with Crippen molar-refractivity contribution >= 4 is 0 Å². The highest BCUT2D eigenvalue weighted by atomic mass is 13.9. The van der Waals surface area contributed by atoms with Crippen molar-refractivity contribution in [1.82, 2.24) is 0 Å². The fraction of sp³-hybridized carbons (Fsp3) is 0.500. The maximum atomic E-state index is 2.30. The number of rotatable bonds is 0. The molecule has 0 spiro atoms. The topological polar surface area (TPSA) is 0 Å². The molecular weight excluding hydrogens is 144 g/mol. The molecule has 0 fully saturated rings. The van der Waals surface area contributed by atoms with E-state index < -0.39 is 0 Å². The highest BCUT2D eigenvalue weighted by Crippen LogP contribution is 2.05. The Bertz CT molecular complexity index is 172. The zero-order chi connectivity index (χ0) is 8.49. The van der Waals surface area contributed by atoms with Gasteiger partial charge < -0.3 is 0 Å². The van der Waals surface area contributed by atoms with Gasteiger partial charge in [-0.3, -0.25) is 0 Å². The summed E-state index contributed by atoms with van der Waals surface area (Å²) >= 11 is 0. The molecule has 12 heavy (non-hydrogen) atoms. The van der Waals surface area contributed by atoms with Crippen LogP contribution in [0.3, 0.4) is 0 Å². The molecule has 0 aromatic rings. The number of hydrogen-bond donors (Lipinski definition) is 0. The second-order valence-corrected chi connectivity index (χ2v) is 3.20. The molecule has 0 aromatic heterocycles. The average Bonchev–Trinajstić information content (AvgIpc) is 2.05. The molecule has 0 bridgehead atoms. The van der Waals surface area contributed by atoms with Gasteiger partial charge >= 0.3 is 0 Å². The summed E-state index contributed by atoms with van der Waals surface area (Å²) in [5.74, 6) is 0. The van der Waals surface area contributed by atoms with E-state index in [1.165, 1.54) is 32.1 Å². The Labute approximate surface area is 75.7 Å². The van der Waals surface area contributed by atoms with Gasteiger partial charge in [-0.15, -0.1) is 0 Å². The Kier molecular flexibility index (Phi) is 5.35. The molecule has 1 aliphatic rings. The number of allylic oxidation sites excluding steroid dienone is 6. The summed E-state index contributed by atoms with van der Waals surface area (Å²) in [5.41, 5.74) is 0. The summed E-state index contributed by atoms with van der Waals surface area (Å²) in [7, 11) is 0. The summed E-state index contributed by atoms with van der Waals surface area (Å²) in [6, 6.07) is 0. The van der Waals surface area contributed by atoms with E-state index in [9.17, 15) is 0 Å². The molecule has 0 amide bonds. The first-order valence-electron chi connectivity index (χ1n) is 4.97. The zero-order valence-electron chi connectivity index (χ0n) is 7.71. The van der Waals surface area contributed by atoms with Crippen LogP contribution in [0.5, 0.6) is 0 Å². The third-order valence-corrected chi connectivity index (χ3v) is 2.06. The fourth-order valence-electron chi connectivity index (χ4n) is 1.33. The van der Waals surface area contributed by atoms with Gasteiger partial charge in [-0.05, 0) is 32.1 Å². The maximum Gasteiger partial charge on any atom is -0.0166 e. The quantitative estimate of drug-likeness (QED) is 0.472. The van der Waals surface area contributed by atoms with Crippen LogP contribution in [0.25, 0.3) is 0 Å². The Morgan fingerprint density at radius 3 is 2.25 bits per heavy atom. The van der Waals surface area contributed by atoms with Crippen molar-refractivity contribution in [3.05, 3.63) is 36.5 Å². The lowest BCUT2D eigenvalue weighted by Crippen LogP contribution is -1.75. The summed E-state index contributed by atoms with van der Waals surface area (Å²) < 4.78 is 0. The molecule has 0 unspecified atom stereocenters. The van der Waals surface area contributed by atoms with E-state index in [1.54, 1.807) is 0 Å². The molecule has 0 aliphatic heterocycles. The van der Waals surface area contributed by atoms with Crippen LogP contribution in [0, 0.1) is 0 Å². The Morgan fingerprint density at radius 1 is 0.583 bits per heavy atom. The van der Waals surface area contributed by atoms with Crippen LogP contribution in [0.1, 0.15) is 38.5 Å². The normalized spacial score (nSPS) is 25.3. The van der Waals surface area contributed by atoms with Crippen LogP contribution in [-0.4, -0.2) is 0 Å². The summed E-state index contributed by atoms with van der Waals surface area (Å²) in [5, 5.41) is 0. The minimum atomic E-state index is 1.09. The van der Waals surface area contributed by atoms with Crippen molar-refractivity contribution in [3.8, 4) is 0 Å². The van der Waals surface area contributed by atoms with Crippen molar-refractivity contribution in [2.24, 2.45) is 0 Å². The van der Waals surface area contributed by atoms with Gasteiger partial charge in [0, 0.05) is 0 Å². The van der Waals surface area contributed by atoms with Crippen molar-refractivity contribution < 1.29 is 0 Å². The highest BCUT2D eigenvalue weighted by molar-refractivity contribution is 5.05. The van der Waals surface area contributed by atoms with Crippen LogP contribution < -0.4 is 0 Å². The molecule has 0 N–H and O–H groups in total. The van der Waals surface area contributed by atoms with Crippen LogP contribution in [-0.2, 0) is 0 Å². The SMILES string of the molecule is C1=CC/C=C\CCCCC/C=C/1. The Balaban J connectivity index is 2.31. The molecule has 66 valence electrons. The standard InChI is InChI=1S/C12H18/c1-2-4-6-8-10-12-11-9-7-5-3-1/h1-4,7,9H,5-6,8,10-12H2/b3-1?,4-2+,9-7-. The van der Waals surface area contributed by atoms with E-state index in [4.69, 9.17) is 0 Å².